The van der Waals surface area contributed by atoms with Gasteiger partial charge in [0, 0.05) is 43.5 Å². The number of hydrogen-bond donors (Lipinski definition) is 0. The molecule has 0 amide bonds. The van der Waals surface area contributed by atoms with Crippen LogP contribution in [0.4, 0.5) is 0 Å². The summed E-state index contributed by atoms with van der Waals surface area (Å²) in [5.74, 6) is 3.62. The molecule has 1 heterocycles. The molecule has 9 heteroatoms. The van der Waals surface area contributed by atoms with E-state index in [0.29, 0.717) is 4.57 Å². The van der Waals surface area contributed by atoms with E-state index in [0.717, 1.165) is 0 Å². The number of ether oxygens (including phenoxy) is 2. The molecule has 0 bridgehead atoms. The van der Waals surface area contributed by atoms with Crippen LogP contribution in [0.1, 0.15) is 57.0 Å². The van der Waals surface area contributed by atoms with Crippen molar-refractivity contribution in [3.05, 3.63) is 68.5 Å². The summed E-state index contributed by atoms with van der Waals surface area (Å²) >= 11 is 0. The van der Waals surface area contributed by atoms with E-state index in [1.165, 1.54) is 36.7 Å². The smallest absolute Gasteiger partial charge is 0.338 e. The van der Waals surface area contributed by atoms with Crippen LogP contribution in [0.3, 0.4) is 0 Å². The van der Waals surface area contributed by atoms with E-state index in [1.807, 2.05) is 20.8 Å². The molecule has 2 rings (SSSR count). The van der Waals surface area contributed by atoms with Gasteiger partial charge in [0.25, 0.3) is 11.5 Å². The van der Waals surface area contributed by atoms with Gasteiger partial charge in [0.05, 0.1) is 13.2 Å². The second kappa shape index (κ2) is 12.0. The Morgan fingerprint density at radius 3 is 2.06 bits per heavy atom. The molecule has 1 aromatic heterocycles. The topological polar surface area (TPSA) is 114 Å². The fourth-order valence-corrected chi connectivity index (χ4v) is 3.00. The Morgan fingerprint density at radius 1 is 0.971 bits per heavy atom. The maximum atomic E-state index is 13.2. The normalized spacial score (nSPS) is 10.9. The first kappa shape index (κ1) is 27.3. The Hall–Kier alpha value is -3.93. The number of carbonyl (C=O) groups excluding carboxylic acids is 3. The van der Waals surface area contributed by atoms with Crippen LogP contribution >= 0.6 is 0 Å². The lowest BCUT2D eigenvalue weighted by Crippen LogP contribution is -2.45. The Balaban J connectivity index is 2.50. The van der Waals surface area contributed by atoms with Gasteiger partial charge in [-0.05, 0) is 39.3 Å². The van der Waals surface area contributed by atoms with E-state index in [4.69, 9.17) is 9.47 Å². The summed E-state index contributed by atoms with van der Waals surface area (Å²) in [5.41, 5.74) is -1.85. The highest BCUT2D eigenvalue weighted by molar-refractivity contribution is 5.95. The van der Waals surface area contributed by atoms with Crippen molar-refractivity contribution >= 4 is 17.8 Å². The number of benzene rings is 1. The summed E-state index contributed by atoms with van der Waals surface area (Å²) in [4.78, 5) is 61.8. The average molecular weight is 483 g/mol. The standard InChI is InChI=1S/C26H30N2O7/c1-18(29)34-16-20(17-35-19(2)30)12-14-27-15-22(11-13-26(3,4)5)24(32)28(25(27)33)23(31)21-9-7-6-8-10-21/h6-10,15,20H,12,14,16-17H2,1-5H3. The molecule has 0 saturated heterocycles. The molecule has 0 unspecified atom stereocenters. The van der Waals surface area contributed by atoms with Crippen LogP contribution in [-0.2, 0) is 25.6 Å². The number of hydrogen-bond acceptors (Lipinski definition) is 7. The Morgan fingerprint density at radius 2 is 1.54 bits per heavy atom. The Kier molecular flexibility index (Phi) is 9.34. The van der Waals surface area contributed by atoms with Gasteiger partial charge in [-0.2, -0.15) is 4.57 Å². The van der Waals surface area contributed by atoms with Crippen molar-refractivity contribution in [2.45, 2.75) is 47.6 Å². The molecule has 2 aromatic rings. The first-order valence-corrected chi connectivity index (χ1v) is 11.1. The second-order valence-corrected chi connectivity index (χ2v) is 9.09. The highest BCUT2D eigenvalue weighted by Crippen LogP contribution is 2.11. The lowest BCUT2D eigenvalue weighted by molar-refractivity contribution is -0.146. The summed E-state index contributed by atoms with van der Waals surface area (Å²) in [6.45, 7) is 8.18. The maximum absolute atomic E-state index is 13.2. The molecular weight excluding hydrogens is 452 g/mol. The summed E-state index contributed by atoms with van der Waals surface area (Å²) in [7, 11) is 0. The van der Waals surface area contributed by atoms with Gasteiger partial charge < -0.3 is 9.47 Å². The molecule has 186 valence electrons. The number of carbonyl (C=O) groups is 3. The SMILES string of the molecule is CC(=O)OCC(CCn1cc(C#CC(C)(C)C)c(=O)n(C(=O)c2ccccc2)c1=O)COC(C)=O. The van der Waals surface area contributed by atoms with Gasteiger partial charge in [0.2, 0.25) is 0 Å². The van der Waals surface area contributed by atoms with E-state index in [1.54, 1.807) is 18.2 Å². The van der Waals surface area contributed by atoms with Gasteiger partial charge >= 0.3 is 17.6 Å². The molecule has 0 fully saturated rings. The van der Waals surface area contributed by atoms with E-state index < -0.39 is 40.4 Å². The third-order valence-electron chi connectivity index (χ3n) is 4.77. The van der Waals surface area contributed by atoms with E-state index >= 15 is 0 Å². The zero-order valence-electron chi connectivity index (χ0n) is 20.6. The predicted octanol–water partition coefficient (Wildman–Crippen LogP) is 2.23. The van der Waals surface area contributed by atoms with Gasteiger partial charge in [-0.1, -0.05) is 30.0 Å². The van der Waals surface area contributed by atoms with Crippen molar-refractivity contribution in [3.8, 4) is 11.8 Å². The summed E-state index contributed by atoms with van der Waals surface area (Å²) in [6, 6.07) is 8.01. The van der Waals surface area contributed by atoms with Crippen LogP contribution in [0.15, 0.2) is 46.1 Å². The number of aromatic nitrogens is 2. The van der Waals surface area contributed by atoms with Crippen LogP contribution in [0.5, 0.6) is 0 Å². The Bertz CT molecular complexity index is 1240. The van der Waals surface area contributed by atoms with Crippen molar-refractivity contribution < 1.29 is 23.9 Å². The molecule has 0 aliphatic heterocycles. The molecule has 0 aliphatic carbocycles. The van der Waals surface area contributed by atoms with Crippen molar-refractivity contribution in [3.63, 3.8) is 0 Å². The molecule has 0 saturated carbocycles. The molecule has 0 N–H and O–H groups in total. The fraction of sp³-hybridized carbons (Fsp3) is 0.423. The van der Waals surface area contributed by atoms with Crippen LogP contribution in [0, 0.1) is 23.2 Å². The monoisotopic (exact) mass is 482 g/mol. The van der Waals surface area contributed by atoms with Crippen LogP contribution in [0.25, 0.3) is 0 Å². The van der Waals surface area contributed by atoms with E-state index in [-0.39, 0.29) is 37.3 Å². The molecule has 9 nitrogen and oxygen atoms in total. The number of esters is 2. The van der Waals surface area contributed by atoms with Gasteiger partial charge in [0.1, 0.15) is 5.56 Å². The Labute approximate surface area is 203 Å². The number of nitrogens with zero attached hydrogens (tertiary/aromatic N) is 2. The van der Waals surface area contributed by atoms with Gasteiger partial charge in [-0.25, -0.2) is 4.79 Å². The first-order chi connectivity index (χ1) is 16.4. The van der Waals surface area contributed by atoms with Crippen molar-refractivity contribution in [1.82, 2.24) is 9.13 Å². The summed E-state index contributed by atoms with van der Waals surface area (Å²) in [5, 5.41) is 0. The lowest BCUT2D eigenvalue weighted by Gasteiger charge is -2.17. The van der Waals surface area contributed by atoms with Gasteiger partial charge in [-0.15, -0.1) is 0 Å². The largest absolute Gasteiger partial charge is 0.465 e. The summed E-state index contributed by atoms with van der Waals surface area (Å²) in [6.07, 6.45) is 1.59. The quantitative estimate of drug-likeness (QED) is 0.419. The molecule has 1 aromatic carbocycles. The van der Waals surface area contributed by atoms with Crippen molar-refractivity contribution in [1.29, 1.82) is 0 Å². The molecular formula is C26H30N2O7. The minimum absolute atomic E-state index is 0.000304. The molecule has 35 heavy (non-hydrogen) atoms. The minimum Gasteiger partial charge on any atom is -0.465 e. The number of rotatable bonds is 8. The number of aryl methyl sites for hydroxylation is 1. The molecule has 0 radical (unpaired) electrons. The highest BCUT2D eigenvalue weighted by atomic mass is 16.5. The third kappa shape index (κ3) is 8.41. The zero-order valence-corrected chi connectivity index (χ0v) is 20.6. The van der Waals surface area contributed by atoms with Gasteiger partial charge in [-0.3, -0.25) is 23.7 Å². The molecule has 0 aliphatic rings. The predicted molar refractivity (Wildman–Crippen MR) is 129 cm³/mol. The average Bonchev–Trinajstić information content (AvgIpc) is 2.78. The fourth-order valence-electron chi connectivity index (χ4n) is 3.00. The van der Waals surface area contributed by atoms with E-state index in [2.05, 4.69) is 11.8 Å². The maximum Gasteiger partial charge on any atom is 0.338 e. The lowest BCUT2D eigenvalue weighted by atomic mass is 9.97. The zero-order chi connectivity index (χ0) is 26.2. The first-order valence-electron chi connectivity index (χ1n) is 11.1. The summed E-state index contributed by atoms with van der Waals surface area (Å²) < 4.78 is 11.9. The van der Waals surface area contributed by atoms with E-state index in [9.17, 15) is 24.0 Å². The van der Waals surface area contributed by atoms with Gasteiger partial charge in [0.15, 0.2) is 0 Å². The minimum atomic E-state index is -0.816. The third-order valence-corrected chi connectivity index (χ3v) is 4.77. The molecule has 0 spiro atoms. The highest BCUT2D eigenvalue weighted by Gasteiger charge is 2.20. The van der Waals surface area contributed by atoms with Crippen molar-refractivity contribution in [2.24, 2.45) is 11.3 Å². The van der Waals surface area contributed by atoms with Crippen LogP contribution < -0.4 is 11.2 Å². The van der Waals surface area contributed by atoms with Crippen LogP contribution in [0.2, 0.25) is 0 Å². The second-order valence-electron chi connectivity index (χ2n) is 9.09. The van der Waals surface area contributed by atoms with Crippen molar-refractivity contribution in [2.75, 3.05) is 13.2 Å². The van der Waals surface area contributed by atoms with Crippen LogP contribution in [-0.4, -0.2) is 40.2 Å². The molecule has 0 atom stereocenters.